The molecule has 3 nitrogen and oxygen atoms in total. The summed E-state index contributed by atoms with van der Waals surface area (Å²) in [5, 5.41) is 7.49. The third kappa shape index (κ3) is 6.15. The van der Waals surface area contributed by atoms with E-state index in [4.69, 9.17) is 23.2 Å². The molecule has 130 valence electrons. The highest BCUT2D eigenvalue weighted by molar-refractivity contribution is 6.42. The zero-order valence-electron chi connectivity index (χ0n) is 13.6. The van der Waals surface area contributed by atoms with Crippen LogP contribution in [0.15, 0.2) is 18.2 Å². The van der Waals surface area contributed by atoms with Crippen LogP contribution < -0.4 is 10.6 Å². The van der Waals surface area contributed by atoms with Crippen molar-refractivity contribution < 1.29 is 4.79 Å². The molecule has 1 fully saturated rings. The maximum Gasteiger partial charge on any atom is 0.220 e. The molecule has 1 aliphatic heterocycles. The van der Waals surface area contributed by atoms with Crippen LogP contribution in [-0.4, -0.2) is 19.0 Å². The molecular weight excluding hydrogens is 355 g/mol. The van der Waals surface area contributed by atoms with Crippen LogP contribution in [0.2, 0.25) is 10.0 Å². The monoisotopic (exact) mass is 378 g/mol. The number of halogens is 3. The minimum atomic E-state index is -0.459. The Bertz CT molecular complexity index is 529. The van der Waals surface area contributed by atoms with Gasteiger partial charge < -0.3 is 10.6 Å². The second-order valence-corrected chi connectivity index (χ2v) is 7.35. The van der Waals surface area contributed by atoms with Gasteiger partial charge in [0.15, 0.2) is 0 Å². The van der Waals surface area contributed by atoms with Crippen molar-refractivity contribution >= 4 is 41.5 Å². The second-order valence-electron chi connectivity index (χ2n) is 6.53. The predicted molar refractivity (Wildman–Crippen MR) is 99.7 cm³/mol. The lowest BCUT2D eigenvalue weighted by molar-refractivity contribution is -0.123. The van der Waals surface area contributed by atoms with E-state index in [1.807, 2.05) is 26.0 Å². The molecule has 0 radical (unpaired) electrons. The summed E-state index contributed by atoms with van der Waals surface area (Å²) in [6.45, 7) is 6.10. The highest BCUT2D eigenvalue weighted by Crippen LogP contribution is 2.28. The molecular formula is C17H25Cl3N2O. The molecule has 2 N–H and O–H groups in total. The smallest absolute Gasteiger partial charge is 0.220 e. The van der Waals surface area contributed by atoms with Crippen LogP contribution in [0.4, 0.5) is 0 Å². The quantitative estimate of drug-likeness (QED) is 0.788. The fraction of sp³-hybridized carbons (Fsp3) is 0.588. The Balaban J connectivity index is 0.00000264. The van der Waals surface area contributed by atoms with Crippen LogP contribution in [0.3, 0.4) is 0 Å². The van der Waals surface area contributed by atoms with E-state index in [-0.39, 0.29) is 18.3 Å². The van der Waals surface area contributed by atoms with Gasteiger partial charge in [0.2, 0.25) is 5.91 Å². The van der Waals surface area contributed by atoms with Crippen molar-refractivity contribution in [3.63, 3.8) is 0 Å². The van der Waals surface area contributed by atoms with Crippen molar-refractivity contribution in [3.05, 3.63) is 33.8 Å². The van der Waals surface area contributed by atoms with E-state index in [2.05, 4.69) is 10.6 Å². The van der Waals surface area contributed by atoms with Crippen molar-refractivity contribution in [2.45, 2.75) is 45.1 Å². The average molecular weight is 380 g/mol. The maximum absolute atomic E-state index is 12.2. The fourth-order valence-electron chi connectivity index (χ4n) is 2.87. The average Bonchev–Trinajstić information content (AvgIpc) is 2.48. The van der Waals surface area contributed by atoms with Crippen molar-refractivity contribution in [3.8, 4) is 0 Å². The van der Waals surface area contributed by atoms with Gasteiger partial charge in [-0.3, -0.25) is 4.79 Å². The summed E-state index contributed by atoms with van der Waals surface area (Å²) in [5.74, 6) is 0.759. The van der Waals surface area contributed by atoms with Gasteiger partial charge in [0, 0.05) is 6.42 Å². The van der Waals surface area contributed by atoms with Crippen molar-refractivity contribution in [2.75, 3.05) is 13.1 Å². The molecule has 1 aromatic carbocycles. The van der Waals surface area contributed by atoms with Gasteiger partial charge in [0.1, 0.15) is 0 Å². The van der Waals surface area contributed by atoms with Gasteiger partial charge in [-0.1, -0.05) is 29.3 Å². The molecule has 1 aliphatic rings. The Morgan fingerprint density at radius 2 is 1.91 bits per heavy atom. The van der Waals surface area contributed by atoms with Crippen molar-refractivity contribution in [1.82, 2.24) is 10.6 Å². The van der Waals surface area contributed by atoms with Gasteiger partial charge >= 0.3 is 0 Å². The van der Waals surface area contributed by atoms with Crippen LogP contribution in [0.25, 0.3) is 0 Å². The van der Waals surface area contributed by atoms with Gasteiger partial charge in [-0.2, -0.15) is 0 Å². The first kappa shape index (κ1) is 20.6. The van der Waals surface area contributed by atoms with Crippen LogP contribution >= 0.6 is 35.6 Å². The molecule has 6 heteroatoms. The second kappa shape index (κ2) is 9.12. The Morgan fingerprint density at radius 1 is 1.26 bits per heavy atom. The van der Waals surface area contributed by atoms with Crippen LogP contribution in [0.1, 0.15) is 45.1 Å². The molecule has 1 saturated heterocycles. The van der Waals surface area contributed by atoms with E-state index >= 15 is 0 Å². The topological polar surface area (TPSA) is 41.1 Å². The number of rotatable bonds is 5. The molecule has 0 unspecified atom stereocenters. The summed E-state index contributed by atoms with van der Waals surface area (Å²) in [6.07, 6.45) is 3.88. The Kier molecular flexibility index (Phi) is 8.15. The lowest BCUT2D eigenvalue weighted by Gasteiger charge is -2.28. The molecule has 0 atom stereocenters. The van der Waals surface area contributed by atoms with E-state index in [9.17, 15) is 4.79 Å². The molecule has 23 heavy (non-hydrogen) atoms. The number of hydrogen-bond donors (Lipinski definition) is 2. The lowest BCUT2D eigenvalue weighted by Crippen LogP contribution is -2.41. The first-order chi connectivity index (χ1) is 10.4. The zero-order chi connectivity index (χ0) is 16.2. The minimum Gasteiger partial charge on any atom is -0.347 e. The summed E-state index contributed by atoms with van der Waals surface area (Å²) in [5.41, 5.74) is 0.497. The van der Waals surface area contributed by atoms with Crippen LogP contribution in [0, 0.1) is 5.92 Å². The summed E-state index contributed by atoms with van der Waals surface area (Å²) in [6, 6.07) is 5.49. The van der Waals surface area contributed by atoms with E-state index in [1.165, 1.54) is 12.8 Å². The largest absolute Gasteiger partial charge is 0.347 e. The molecule has 0 aliphatic carbocycles. The third-order valence-electron chi connectivity index (χ3n) is 4.33. The highest BCUT2D eigenvalue weighted by atomic mass is 35.5. The molecule has 1 aromatic rings. The van der Waals surface area contributed by atoms with Crippen molar-refractivity contribution in [2.24, 2.45) is 5.92 Å². The van der Waals surface area contributed by atoms with E-state index in [0.29, 0.717) is 22.4 Å². The van der Waals surface area contributed by atoms with E-state index < -0.39 is 5.54 Å². The van der Waals surface area contributed by atoms with Crippen LogP contribution in [0.5, 0.6) is 0 Å². The Morgan fingerprint density at radius 3 is 2.52 bits per heavy atom. The summed E-state index contributed by atoms with van der Waals surface area (Å²) < 4.78 is 0. The highest BCUT2D eigenvalue weighted by Gasteiger charge is 2.24. The van der Waals surface area contributed by atoms with E-state index in [1.54, 1.807) is 6.07 Å². The Hall–Kier alpha value is -0.480. The van der Waals surface area contributed by atoms with Gasteiger partial charge in [-0.25, -0.2) is 0 Å². The molecule has 1 heterocycles. The van der Waals surface area contributed by atoms with Gasteiger partial charge in [-0.05, 0) is 69.8 Å². The number of carbonyl (C=O) groups is 1. The zero-order valence-corrected chi connectivity index (χ0v) is 16.0. The van der Waals surface area contributed by atoms with Gasteiger partial charge in [0.25, 0.3) is 0 Å². The SMILES string of the molecule is CC(C)(NC(=O)CCC1CCNCC1)c1ccc(Cl)c(Cl)c1.Cl. The molecule has 0 aromatic heterocycles. The minimum absolute atomic E-state index is 0. The maximum atomic E-state index is 12.2. The molecule has 2 rings (SSSR count). The standard InChI is InChI=1S/C17H24Cl2N2O.ClH/c1-17(2,13-4-5-14(18)15(19)11-13)21-16(22)6-3-12-7-9-20-10-8-12;/h4-5,11-12,20H,3,6-10H2,1-2H3,(H,21,22);1H. The van der Waals surface area contributed by atoms with Gasteiger partial charge in [0.05, 0.1) is 15.6 Å². The number of benzene rings is 1. The predicted octanol–water partition coefficient (Wildman–Crippen LogP) is 4.55. The summed E-state index contributed by atoms with van der Waals surface area (Å²) >= 11 is 12.0. The number of hydrogen-bond acceptors (Lipinski definition) is 2. The number of carbonyl (C=O) groups excluding carboxylic acids is 1. The molecule has 0 spiro atoms. The number of nitrogens with one attached hydrogen (secondary N) is 2. The van der Waals surface area contributed by atoms with Gasteiger partial charge in [-0.15, -0.1) is 12.4 Å². The lowest BCUT2D eigenvalue weighted by atomic mass is 9.91. The van der Waals surface area contributed by atoms with Crippen LogP contribution in [-0.2, 0) is 10.3 Å². The Labute approximate surface area is 154 Å². The number of piperidine rings is 1. The summed E-state index contributed by atoms with van der Waals surface area (Å²) in [7, 11) is 0. The number of amides is 1. The molecule has 1 amide bonds. The fourth-order valence-corrected chi connectivity index (χ4v) is 3.17. The normalized spacial score (nSPS) is 15.8. The van der Waals surface area contributed by atoms with Crippen molar-refractivity contribution in [1.29, 1.82) is 0 Å². The first-order valence-electron chi connectivity index (χ1n) is 7.86. The molecule has 0 bridgehead atoms. The first-order valence-corrected chi connectivity index (χ1v) is 8.61. The summed E-state index contributed by atoms with van der Waals surface area (Å²) in [4.78, 5) is 12.2. The van der Waals surface area contributed by atoms with E-state index in [0.717, 1.165) is 25.1 Å². The third-order valence-corrected chi connectivity index (χ3v) is 5.07. The molecule has 0 saturated carbocycles.